The molecule has 0 unspecified atom stereocenters. The monoisotopic (exact) mass is 274 g/mol. The smallest absolute Gasteiger partial charge is 0.309 e. The Hall–Kier alpha value is -1.88. The van der Waals surface area contributed by atoms with Crippen LogP contribution in [-0.2, 0) is 22.4 Å². The fraction of sp³-hybridized carbons (Fsp3) is 0.467. The summed E-state index contributed by atoms with van der Waals surface area (Å²) in [5, 5.41) is 15.6. The second kappa shape index (κ2) is 4.90. The van der Waals surface area contributed by atoms with Crippen molar-refractivity contribution in [2.24, 2.45) is 0 Å². The number of aliphatic hydroxyl groups is 1. The van der Waals surface area contributed by atoms with Crippen LogP contribution in [0, 0.1) is 0 Å². The molecule has 2 aliphatic carbocycles. The molecule has 5 heteroatoms. The second-order valence-corrected chi connectivity index (χ2v) is 5.78. The van der Waals surface area contributed by atoms with Crippen molar-refractivity contribution in [1.29, 1.82) is 0 Å². The van der Waals surface area contributed by atoms with Crippen molar-refractivity contribution < 1.29 is 14.7 Å². The van der Waals surface area contributed by atoms with Crippen LogP contribution in [0.1, 0.15) is 24.0 Å². The van der Waals surface area contributed by atoms with Crippen LogP contribution in [0.4, 0.5) is 0 Å². The first kappa shape index (κ1) is 13.1. The molecular formula is C15H18N2O3. The lowest BCUT2D eigenvalue weighted by Crippen LogP contribution is -2.48. The third kappa shape index (κ3) is 2.82. The maximum absolute atomic E-state index is 11.6. The zero-order valence-corrected chi connectivity index (χ0v) is 11.2. The van der Waals surface area contributed by atoms with E-state index < -0.39 is 17.4 Å². The van der Waals surface area contributed by atoms with Crippen LogP contribution in [0.2, 0.25) is 0 Å². The molecule has 2 aliphatic rings. The highest BCUT2D eigenvalue weighted by atomic mass is 16.3. The maximum atomic E-state index is 11.6. The van der Waals surface area contributed by atoms with E-state index in [1.807, 2.05) is 24.3 Å². The topological polar surface area (TPSA) is 78.4 Å². The number of nitrogens with one attached hydrogen (secondary N) is 2. The van der Waals surface area contributed by atoms with Crippen LogP contribution in [0.5, 0.6) is 0 Å². The molecular weight excluding hydrogens is 256 g/mol. The van der Waals surface area contributed by atoms with Crippen LogP contribution in [-0.4, -0.2) is 35.1 Å². The quantitative estimate of drug-likeness (QED) is 0.674. The van der Waals surface area contributed by atoms with Crippen molar-refractivity contribution in [2.75, 3.05) is 6.54 Å². The molecule has 0 heterocycles. The number of rotatable bonds is 3. The van der Waals surface area contributed by atoms with Gasteiger partial charge in [-0.3, -0.25) is 9.59 Å². The minimum Gasteiger partial charge on any atom is -0.387 e. The Balaban J connectivity index is 1.53. The van der Waals surface area contributed by atoms with E-state index in [9.17, 15) is 14.7 Å². The van der Waals surface area contributed by atoms with Crippen LogP contribution in [0.15, 0.2) is 24.3 Å². The summed E-state index contributed by atoms with van der Waals surface area (Å²) in [4.78, 5) is 23.2. The lowest BCUT2D eigenvalue weighted by Gasteiger charge is -2.22. The molecule has 0 bridgehead atoms. The van der Waals surface area contributed by atoms with Crippen molar-refractivity contribution in [2.45, 2.75) is 37.3 Å². The summed E-state index contributed by atoms with van der Waals surface area (Å²) in [5.74, 6) is -1.27. The Morgan fingerprint density at radius 1 is 1.15 bits per heavy atom. The van der Waals surface area contributed by atoms with Crippen LogP contribution in [0.25, 0.3) is 0 Å². The summed E-state index contributed by atoms with van der Waals surface area (Å²) < 4.78 is 0. The lowest BCUT2D eigenvalue weighted by molar-refractivity contribution is -0.139. The maximum Gasteiger partial charge on any atom is 0.309 e. The number of amides is 2. The van der Waals surface area contributed by atoms with Crippen molar-refractivity contribution in [3.63, 3.8) is 0 Å². The van der Waals surface area contributed by atoms with E-state index in [0.29, 0.717) is 12.8 Å². The molecule has 0 aromatic heterocycles. The summed E-state index contributed by atoms with van der Waals surface area (Å²) in [6.07, 6.45) is 2.90. The van der Waals surface area contributed by atoms with Crippen molar-refractivity contribution in [1.82, 2.24) is 10.6 Å². The third-order valence-corrected chi connectivity index (χ3v) is 3.85. The summed E-state index contributed by atoms with van der Waals surface area (Å²) in [6.45, 7) is 0.0958. The number of fused-ring (bicyclic) bond motifs is 1. The average Bonchev–Trinajstić information content (AvgIpc) is 3.15. The Bertz CT molecular complexity index is 527. The van der Waals surface area contributed by atoms with Gasteiger partial charge in [-0.05, 0) is 24.0 Å². The second-order valence-electron chi connectivity index (χ2n) is 5.78. The zero-order chi connectivity index (χ0) is 14.2. The molecule has 5 nitrogen and oxygen atoms in total. The molecule has 1 aromatic rings. The van der Waals surface area contributed by atoms with Gasteiger partial charge in [-0.1, -0.05) is 24.3 Å². The van der Waals surface area contributed by atoms with Gasteiger partial charge < -0.3 is 15.7 Å². The van der Waals surface area contributed by atoms with Crippen LogP contribution < -0.4 is 10.6 Å². The molecule has 1 fully saturated rings. The molecule has 2 amide bonds. The van der Waals surface area contributed by atoms with E-state index in [1.165, 1.54) is 0 Å². The Kier molecular flexibility index (Phi) is 3.22. The van der Waals surface area contributed by atoms with Gasteiger partial charge in [0.15, 0.2) is 0 Å². The first-order valence-electron chi connectivity index (χ1n) is 6.94. The molecule has 20 heavy (non-hydrogen) atoms. The Labute approximate surface area is 117 Å². The molecule has 1 saturated carbocycles. The van der Waals surface area contributed by atoms with Crippen molar-refractivity contribution in [3.8, 4) is 0 Å². The molecule has 0 aliphatic heterocycles. The Morgan fingerprint density at radius 2 is 1.75 bits per heavy atom. The molecule has 1 aromatic carbocycles. The standard InChI is InChI=1S/C15H18N2O3/c18-13(14(19)17-12-5-6-12)16-9-15(20)7-10-3-1-2-4-11(10)8-15/h1-4,12,20H,5-9H2,(H,16,18)(H,17,19). The van der Waals surface area contributed by atoms with E-state index in [2.05, 4.69) is 10.6 Å². The lowest BCUT2D eigenvalue weighted by atomic mass is 10.0. The highest BCUT2D eigenvalue weighted by molar-refractivity contribution is 6.35. The predicted molar refractivity (Wildman–Crippen MR) is 73.0 cm³/mol. The summed E-state index contributed by atoms with van der Waals surface area (Å²) in [5.41, 5.74) is 1.22. The first-order chi connectivity index (χ1) is 9.56. The van der Waals surface area contributed by atoms with Crippen molar-refractivity contribution >= 4 is 11.8 Å². The first-order valence-corrected chi connectivity index (χ1v) is 6.94. The van der Waals surface area contributed by atoms with E-state index in [-0.39, 0.29) is 12.6 Å². The molecule has 3 rings (SSSR count). The van der Waals surface area contributed by atoms with Gasteiger partial charge in [0.25, 0.3) is 0 Å². The summed E-state index contributed by atoms with van der Waals surface area (Å²) in [6, 6.07) is 7.99. The summed E-state index contributed by atoms with van der Waals surface area (Å²) in [7, 11) is 0. The molecule has 3 N–H and O–H groups in total. The van der Waals surface area contributed by atoms with Gasteiger partial charge in [-0.15, -0.1) is 0 Å². The number of benzene rings is 1. The van der Waals surface area contributed by atoms with Gasteiger partial charge >= 0.3 is 11.8 Å². The van der Waals surface area contributed by atoms with Gasteiger partial charge in [0.1, 0.15) is 0 Å². The SMILES string of the molecule is O=C(NCC1(O)Cc2ccccc2C1)C(=O)NC1CC1. The molecule has 0 atom stereocenters. The predicted octanol–water partition coefficient (Wildman–Crippen LogP) is -0.0889. The molecule has 106 valence electrons. The van der Waals surface area contributed by atoms with E-state index in [4.69, 9.17) is 0 Å². The molecule has 0 saturated heterocycles. The van der Waals surface area contributed by atoms with Gasteiger partial charge in [0.2, 0.25) is 0 Å². The highest BCUT2D eigenvalue weighted by Gasteiger charge is 2.36. The minimum atomic E-state index is -0.987. The fourth-order valence-corrected chi connectivity index (χ4v) is 2.60. The number of carbonyl (C=O) groups is 2. The highest BCUT2D eigenvalue weighted by Crippen LogP contribution is 2.29. The minimum absolute atomic E-state index is 0.0958. The van der Waals surface area contributed by atoms with Gasteiger partial charge in [-0.2, -0.15) is 0 Å². The van der Waals surface area contributed by atoms with Gasteiger partial charge in [0.05, 0.1) is 5.60 Å². The largest absolute Gasteiger partial charge is 0.387 e. The fourth-order valence-electron chi connectivity index (χ4n) is 2.60. The number of carbonyl (C=O) groups excluding carboxylic acids is 2. The third-order valence-electron chi connectivity index (χ3n) is 3.85. The van der Waals surface area contributed by atoms with Crippen LogP contribution in [0.3, 0.4) is 0 Å². The van der Waals surface area contributed by atoms with E-state index >= 15 is 0 Å². The van der Waals surface area contributed by atoms with E-state index in [1.54, 1.807) is 0 Å². The van der Waals surface area contributed by atoms with Gasteiger partial charge in [-0.25, -0.2) is 0 Å². The van der Waals surface area contributed by atoms with Gasteiger partial charge in [0, 0.05) is 25.4 Å². The van der Waals surface area contributed by atoms with Crippen LogP contribution >= 0.6 is 0 Å². The normalized spacial score (nSPS) is 19.2. The number of hydrogen-bond donors (Lipinski definition) is 3. The van der Waals surface area contributed by atoms with E-state index in [0.717, 1.165) is 24.0 Å². The Morgan fingerprint density at radius 3 is 2.30 bits per heavy atom. The average molecular weight is 274 g/mol. The molecule has 0 spiro atoms. The summed E-state index contributed by atoms with van der Waals surface area (Å²) >= 11 is 0. The number of hydrogen-bond acceptors (Lipinski definition) is 3. The van der Waals surface area contributed by atoms with Crippen molar-refractivity contribution in [3.05, 3.63) is 35.4 Å². The zero-order valence-electron chi connectivity index (χ0n) is 11.2. The molecule has 0 radical (unpaired) electrons.